The topological polar surface area (TPSA) is 42.1 Å². The smallest absolute Gasteiger partial charge is 0.351 e. The fourth-order valence-electron chi connectivity index (χ4n) is 2.00. The number of nitrogens with two attached hydrogens (primary N) is 1. The van der Waals surface area contributed by atoms with Crippen molar-refractivity contribution in [1.82, 2.24) is 4.98 Å². The van der Waals surface area contributed by atoms with Crippen LogP contribution in [0.2, 0.25) is 0 Å². The number of benzene rings is 1. The predicted molar refractivity (Wildman–Crippen MR) is 75.8 cm³/mol. The van der Waals surface area contributed by atoms with Crippen LogP contribution < -0.4 is 10.6 Å². The molecule has 1 aromatic heterocycles. The number of pyridine rings is 1. The van der Waals surface area contributed by atoms with Crippen molar-refractivity contribution in [3.05, 3.63) is 59.8 Å². The van der Waals surface area contributed by atoms with Gasteiger partial charge in [-0.3, -0.25) is 0 Å². The Morgan fingerprint density at radius 3 is 2.43 bits per heavy atom. The summed E-state index contributed by atoms with van der Waals surface area (Å²) in [6.07, 6.45) is -3.20. The molecule has 0 aliphatic heterocycles. The highest BCUT2D eigenvalue weighted by molar-refractivity contribution is 5.42. The van der Waals surface area contributed by atoms with Crippen LogP contribution in [0.1, 0.15) is 11.1 Å². The third kappa shape index (κ3) is 4.19. The maximum absolute atomic E-state index is 12.8. The van der Waals surface area contributed by atoms with Crippen molar-refractivity contribution in [2.75, 3.05) is 18.0 Å². The first-order valence-electron chi connectivity index (χ1n) is 6.53. The van der Waals surface area contributed by atoms with Gasteiger partial charge in [-0.1, -0.05) is 30.3 Å². The molecule has 0 bridgehead atoms. The number of nitrogens with zero attached hydrogens (tertiary/aromatic N) is 2. The Hall–Kier alpha value is -2.08. The zero-order chi connectivity index (χ0) is 15.3. The second kappa shape index (κ2) is 6.58. The lowest BCUT2D eigenvalue weighted by Gasteiger charge is -2.24. The average molecular weight is 295 g/mol. The van der Waals surface area contributed by atoms with Crippen LogP contribution in [0.5, 0.6) is 0 Å². The Kier molecular flexibility index (Phi) is 4.80. The van der Waals surface area contributed by atoms with E-state index in [9.17, 15) is 13.2 Å². The molecular weight excluding hydrogens is 279 g/mol. The maximum Gasteiger partial charge on any atom is 0.416 e. The number of halogens is 3. The van der Waals surface area contributed by atoms with Gasteiger partial charge in [-0.25, -0.2) is 4.98 Å². The van der Waals surface area contributed by atoms with E-state index >= 15 is 0 Å². The minimum absolute atomic E-state index is 0.277. The predicted octanol–water partition coefficient (Wildman–Crippen LogP) is 3.07. The number of alkyl halides is 3. The van der Waals surface area contributed by atoms with E-state index in [1.165, 1.54) is 6.20 Å². The lowest BCUT2D eigenvalue weighted by atomic mass is 10.2. The van der Waals surface area contributed by atoms with Gasteiger partial charge in [-0.15, -0.1) is 0 Å². The summed E-state index contributed by atoms with van der Waals surface area (Å²) in [6, 6.07) is 11.5. The Labute approximate surface area is 121 Å². The van der Waals surface area contributed by atoms with Crippen molar-refractivity contribution in [3.63, 3.8) is 0 Å². The van der Waals surface area contributed by atoms with Gasteiger partial charge in [-0.05, 0) is 17.7 Å². The number of hydrogen-bond donors (Lipinski definition) is 1. The summed E-state index contributed by atoms with van der Waals surface area (Å²) in [4.78, 5) is 5.78. The van der Waals surface area contributed by atoms with Gasteiger partial charge in [0.25, 0.3) is 0 Å². The second-order valence-electron chi connectivity index (χ2n) is 4.60. The van der Waals surface area contributed by atoms with Gasteiger partial charge in [0.15, 0.2) is 0 Å². The van der Waals surface area contributed by atoms with Crippen LogP contribution in [-0.2, 0) is 12.7 Å². The summed E-state index contributed by atoms with van der Waals surface area (Å²) >= 11 is 0. The molecule has 0 radical (unpaired) electrons. The molecule has 1 heterocycles. The molecule has 0 amide bonds. The number of hydrogen-bond acceptors (Lipinski definition) is 3. The van der Waals surface area contributed by atoms with Gasteiger partial charge in [0.1, 0.15) is 5.82 Å². The van der Waals surface area contributed by atoms with Crippen LogP contribution in [0, 0.1) is 0 Å². The normalized spacial score (nSPS) is 11.4. The first-order valence-corrected chi connectivity index (χ1v) is 6.53. The standard InChI is InChI=1S/C15H16F3N3/c16-15(17,18)13-6-8-20-14(10-13)21(9-7-19)11-12-4-2-1-3-5-12/h1-6,8,10H,7,9,11,19H2. The maximum atomic E-state index is 12.8. The van der Waals surface area contributed by atoms with Gasteiger partial charge in [0.2, 0.25) is 0 Å². The second-order valence-corrected chi connectivity index (χ2v) is 4.60. The summed E-state index contributed by atoms with van der Waals surface area (Å²) in [6.45, 7) is 1.24. The average Bonchev–Trinajstić information content (AvgIpc) is 2.47. The zero-order valence-electron chi connectivity index (χ0n) is 11.3. The van der Waals surface area contributed by atoms with Crippen LogP contribution in [0.3, 0.4) is 0 Å². The van der Waals surface area contributed by atoms with E-state index < -0.39 is 11.7 Å². The first kappa shape index (κ1) is 15.3. The van der Waals surface area contributed by atoms with Crippen LogP contribution in [0.4, 0.5) is 19.0 Å². The van der Waals surface area contributed by atoms with E-state index in [0.717, 1.165) is 17.7 Å². The number of rotatable bonds is 5. The van der Waals surface area contributed by atoms with E-state index in [0.29, 0.717) is 19.6 Å². The van der Waals surface area contributed by atoms with Gasteiger partial charge >= 0.3 is 6.18 Å². The molecule has 0 unspecified atom stereocenters. The summed E-state index contributed by atoms with van der Waals surface area (Å²) in [5, 5.41) is 0. The molecule has 0 fully saturated rings. The van der Waals surface area contributed by atoms with Gasteiger partial charge in [-0.2, -0.15) is 13.2 Å². The van der Waals surface area contributed by atoms with Crippen molar-refractivity contribution in [1.29, 1.82) is 0 Å². The molecule has 1 aromatic carbocycles. The van der Waals surface area contributed by atoms with Gasteiger partial charge in [0.05, 0.1) is 5.56 Å². The third-order valence-electron chi connectivity index (χ3n) is 3.01. The van der Waals surface area contributed by atoms with Crippen LogP contribution >= 0.6 is 0 Å². The van der Waals surface area contributed by atoms with E-state index in [1.807, 2.05) is 30.3 Å². The third-order valence-corrected chi connectivity index (χ3v) is 3.01. The molecule has 112 valence electrons. The minimum atomic E-state index is -4.38. The Morgan fingerprint density at radius 2 is 1.81 bits per heavy atom. The largest absolute Gasteiger partial charge is 0.416 e. The zero-order valence-corrected chi connectivity index (χ0v) is 11.3. The molecular formula is C15H16F3N3. The molecule has 0 saturated carbocycles. The SMILES string of the molecule is NCCN(Cc1ccccc1)c1cc(C(F)(F)F)ccn1. The molecule has 0 atom stereocenters. The first-order chi connectivity index (χ1) is 10.0. The van der Waals surface area contributed by atoms with Crippen molar-refractivity contribution < 1.29 is 13.2 Å². The molecule has 2 rings (SSSR count). The molecule has 2 N–H and O–H groups in total. The fourth-order valence-corrected chi connectivity index (χ4v) is 2.00. The summed E-state index contributed by atoms with van der Waals surface area (Å²) in [7, 11) is 0. The number of aromatic nitrogens is 1. The molecule has 0 saturated heterocycles. The van der Waals surface area contributed by atoms with E-state index in [1.54, 1.807) is 4.90 Å². The summed E-state index contributed by atoms with van der Waals surface area (Å²) < 4.78 is 38.3. The molecule has 2 aromatic rings. The molecule has 0 aliphatic carbocycles. The van der Waals surface area contributed by atoms with E-state index in [2.05, 4.69) is 4.98 Å². The Bertz CT molecular complexity index is 570. The monoisotopic (exact) mass is 295 g/mol. The van der Waals surface area contributed by atoms with Crippen molar-refractivity contribution in [2.45, 2.75) is 12.7 Å². The molecule has 6 heteroatoms. The molecule has 0 spiro atoms. The van der Waals surface area contributed by atoms with Crippen molar-refractivity contribution >= 4 is 5.82 Å². The molecule has 3 nitrogen and oxygen atoms in total. The van der Waals surface area contributed by atoms with Crippen LogP contribution in [-0.4, -0.2) is 18.1 Å². The highest BCUT2D eigenvalue weighted by Gasteiger charge is 2.31. The lowest BCUT2D eigenvalue weighted by molar-refractivity contribution is -0.137. The molecule has 0 aliphatic rings. The van der Waals surface area contributed by atoms with Crippen molar-refractivity contribution in [2.24, 2.45) is 5.73 Å². The Morgan fingerprint density at radius 1 is 1.10 bits per heavy atom. The highest BCUT2D eigenvalue weighted by Crippen LogP contribution is 2.30. The quantitative estimate of drug-likeness (QED) is 0.922. The van der Waals surface area contributed by atoms with Gasteiger partial charge < -0.3 is 10.6 Å². The highest BCUT2D eigenvalue weighted by atomic mass is 19.4. The summed E-state index contributed by atoms with van der Waals surface area (Å²) in [5.41, 5.74) is 5.84. The van der Waals surface area contributed by atoms with Crippen LogP contribution in [0.15, 0.2) is 48.7 Å². The fraction of sp³-hybridized carbons (Fsp3) is 0.267. The van der Waals surface area contributed by atoms with Crippen molar-refractivity contribution in [3.8, 4) is 0 Å². The minimum Gasteiger partial charge on any atom is -0.351 e. The van der Waals surface area contributed by atoms with E-state index in [-0.39, 0.29) is 5.82 Å². The number of anilines is 1. The molecule has 21 heavy (non-hydrogen) atoms. The van der Waals surface area contributed by atoms with E-state index in [4.69, 9.17) is 5.73 Å². The Balaban J connectivity index is 2.26. The van der Waals surface area contributed by atoms with Crippen LogP contribution in [0.25, 0.3) is 0 Å². The lowest BCUT2D eigenvalue weighted by Crippen LogP contribution is -2.30. The van der Waals surface area contributed by atoms with Gasteiger partial charge in [0, 0.05) is 25.8 Å². The summed E-state index contributed by atoms with van der Waals surface area (Å²) in [5.74, 6) is 0.277.